The summed E-state index contributed by atoms with van der Waals surface area (Å²) in [7, 11) is -3.40. The van der Waals surface area contributed by atoms with Crippen LogP contribution in [0, 0.1) is 0 Å². The summed E-state index contributed by atoms with van der Waals surface area (Å²) in [5.41, 5.74) is 2.23. The Morgan fingerprint density at radius 3 is 2.24 bits per heavy atom. The molecule has 1 aromatic carbocycles. The van der Waals surface area contributed by atoms with Gasteiger partial charge in [-0.25, -0.2) is 0 Å². The maximum atomic E-state index is 12.6. The van der Waals surface area contributed by atoms with E-state index in [4.69, 9.17) is 4.74 Å². The van der Waals surface area contributed by atoms with Crippen molar-refractivity contribution in [1.29, 1.82) is 0 Å². The van der Waals surface area contributed by atoms with Crippen LogP contribution in [0.3, 0.4) is 0 Å². The predicted molar refractivity (Wildman–Crippen MR) is 98.3 cm³/mol. The Morgan fingerprint density at radius 2 is 1.56 bits per heavy atom. The summed E-state index contributed by atoms with van der Waals surface area (Å²) in [6, 6.07) is 8.09. The molecule has 0 aromatic heterocycles. The fraction of sp³-hybridized carbons (Fsp3) is 0.667. The second-order valence-corrected chi connectivity index (χ2v) is 8.55. The van der Waals surface area contributed by atoms with E-state index >= 15 is 0 Å². The van der Waals surface area contributed by atoms with Crippen molar-refractivity contribution in [3.05, 3.63) is 35.4 Å². The molecule has 0 spiro atoms. The van der Waals surface area contributed by atoms with E-state index in [0.29, 0.717) is 19.6 Å². The Kier molecular flexibility index (Phi) is 6.84. The molecule has 0 aliphatic carbocycles. The molecule has 0 bridgehead atoms. The number of morpholine rings is 1. The minimum atomic E-state index is -3.40. The van der Waals surface area contributed by atoms with Crippen molar-refractivity contribution >= 4 is 10.2 Å². The minimum Gasteiger partial charge on any atom is -0.379 e. The van der Waals surface area contributed by atoms with Crippen LogP contribution in [-0.4, -0.2) is 57.0 Å². The van der Waals surface area contributed by atoms with Crippen LogP contribution in [0.4, 0.5) is 0 Å². The standard InChI is InChI=1S/C18H29N3O3S/c22-25(23,21-9-5-1-2-6-10-21)19-15-17-7-3-4-8-18(17)16-20-11-13-24-14-12-20/h3-4,7-8,19H,1-2,5-6,9-16H2. The van der Waals surface area contributed by atoms with Crippen molar-refractivity contribution in [2.75, 3.05) is 39.4 Å². The largest absolute Gasteiger partial charge is 0.379 e. The zero-order valence-electron chi connectivity index (χ0n) is 14.8. The Balaban J connectivity index is 1.62. The van der Waals surface area contributed by atoms with Crippen LogP contribution in [0.1, 0.15) is 36.8 Å². The highest BCUT2D eigenvalue weighted by molar-refractivity contribution is 7.87. The average Bonchev–Trinajstić information content (AvgIpc) is 2.92. The molecule has 1 N–H and O–H groups in total. The zero-order chi connectivity index (χ0) is 17.5. The SMILES string of the molecule is O=S(=O)(NCc1ccccc1CN1CCOCC1)N1CCCCCC1. The van der Waals surface area contributed by atoms with E-state index in [9.17, 15) is 8.42 Å². The maximum Gasteiger partial charge on any atom is 0.279 e. The lowest BCUT2D eigenvalue weighted by atomic mass is 10.1. The quantitative estimate of drug-likeness (QED) is 0.832. The molecule has 6 nitrogen and oxygen atoms in total. The molecule has 2 fully saturated rings. The first-order valence-electron chi connectivity index (χ1n) is 9.27. The van der Waals surface area contributed by atoms with Gasteiger partial charge in [-0.2, -0.15) is 17.4 Å². The lowest BCUT2D eigenvalue weighted by Crippen LogP contribution is -2.41. The smallest absolute Gasteiger partial charge is 0.279 e. The molecule has 2 saturated heterocycles. The van der Waals surface area contributed by atoms with Gasteiger partial charge in [0.15, 0.2) is 0 Å². The van der Waals surface area contributed by atoms with Crippen LogP contribution in [0.5, 0.6) is 0 Å². The molecule has 2 aliphatic heterocycles. The van der Waals surface area contributed by atoms with Gasteiger partial charge >= 0.3 is 0 Å². The first kappa shape index (κ1) is 18.8. The number of benzene rings is 1. The molecule has 3 rings (SSSR count). The Bertz CT molecular complexity index is 637. The molecule has 140 valence electrons. The highest BCUT2D eigenvalue weighted by Gasteiger charge is 2.23. The van der Waals surface area contributed by atoms with E-state index in [-0.39, 0.29) is 0 Å². The van der Waals surface area contributed by atoms with Gasteiger partial charge in [-0.1, -0.05) is 37.1 Å². The third-order valence-electron chi connectivity index (χ3n) is 4.97. The molecular formula is C18H29N3O3S. The van der Waals surface area contributed by atoms with Crippen molar-refractivity contribution in [1.82, 2.24) is 13.9 Å². The summed E-state index contributed by atoms with van der Waals surface area (Å²) < 4.78 is 35.0. The average molecular weight is 368 g/mol. The van der Waals surface area contributed by atoms with Gasteiger partial charge in [-0.05, 0) is 24.0 Å². The molecule has 0 saturated carbocycles. The molecule has 0 atom stereocenters. The molecule has 2 heterocycles. The predicted octanol–water partition coefficient (Wildman–Crippen LogP) is 1.73. The zero-order valence-corrected chi connectivity index (χ0v) is 15.6. The van der Waals surface area contributed by atoms with Gasteiger partial charge in [-0.3, -0.25) is 4.90 Å². The molecule has 1 aromatic rings. The van der Waals surface area contributed by atoms with E-state index < -0.39 is 10.2 Å². The Labute approximate surface area is 151 Å². The van der Waals surface area contributed by atoms with Crippen molar-refractivity contribution in [3.8, 4) is 0 Å². The van der Waals surface area contributed by atoms with E-state index in [1.54, 1.807) is 4.31 Å². The summed E-state index contributed by atoms with van der Waals surface area (Å²) in [5, 5.41) is 0. The lowest BCUT2D eigenvalue weighted by Gasteiger charge is -2.27. The van der Waals surface area contributed by atoms with Gasteiger partial charge in [0.1, 0.15) is 0 Å². The lowest BCUT2D eigenvalue weighted by molar-refractivity contribution is 0.0341. The second kappa shape index (κ2) is 9.09. The number of nitrogens with zero attached hydrogens (tertiary/aromatic N) is 2. The number of nitrogens with one attached hydrogen (secondary N) is 1. The highest BCUT2D eigenvalue weighted by atomic mass is 32.2. The summed E-state index contributed by atoms with van der Waals surface area (Å²) >= 11 is 0. The minimum absolute atomic E-state index is 0.347. The van der Waals surface area contributed by atoms with E-state index in [1.165, 1.54) is 5.56 Å². The van der Waals surface area contributed by atoms with Crippen molar-refractivity contribution in [2.24, 2.45) is 0 Å². The first-order valence-corrected chi connectivity index (χ1v) is 10.7. The molecule has 25 heavy (non-hydrogen) atoms. The first-order chi connectivity index (χ1) is 12.1. The van der Waals surface area contributed by atoms with Crippen LogP contribution in [0.25, 0.3) is 0 Å². The van der Waals surface area contributed by atoms with Gasteiger partial charge in [0.2, 0.25) is 0 Å². The molecule has 7 heteroatoms. The Hall–Kier alpha value is -0.990. The number of rotatable bonds is 6. The van der Waals surface area contributed by atoms with Crippen molar-refractivity contribution in [3.63, 3.8) is 0 Å². The number of ether oxygens (including phenoxy) is 1. The van der Waals surface area contributed by atoms with E-state index in [0.717, 1.165) is 64.1 Å². The fourth-order valence-corrected chi connectivity index (χ4v) is 4.69. The van der Waals surface area contributed by atoms with Crippen molar-refractivity contribution in [2.45, 2.75) is 38.8 Å². The molecule has 2 aliphatic rings. The van der Waals surface area contributed by atoms with Crippen LogP contribution >= 0.6 is 0 Å². The second-order valence-electron chi connectivity index (χ2n) is 6.80. The molecule has 0 radical (unpaired) electrons. The molecular weight excluding hydrogens is 338 g/mol. The summed E-state index contributed by atoms with van der Waals surface area (Å²) in [6.45, 7) is 5.83. The van der Waals surface area contributed by atoms with Crippen LogP contribution in [-0.2, 0) is 28.0 Å². The molecule has 0 unspecified atom stereocenters. The monoisotopic (exact) mass is 367 g/mol. The van der Waals surface area contributed by atoms with Gasteiger partial charge in [0, 0.05) is 39.3 Å². The van der Waals surface area contributed by atoms with E-state index in [1.807, 2.05) is 18.2 Å². The maximum absolute atomic E-state index is 12.6. The highest BCUT2D eigenvalue weighted by Crippen LogP contribution is 2.15. The van der Waals surface area contributed by atoms with Gasteiger partial charge in [0.25, 0.3) is 10.2 Å². The third-order valence-corrected chi connectivity index (χ3v) is 6.52. The Morgan fingerprint density at radius 1 is 0.920 bits per heavy atom. The van der Waals surface area contributed by atoms with Gasteiger partial charge in [0.05, 0.1) is 13.2 Å². The summed E-state index contributed by atoms with van der Waals surface area (Å²) in [5.74, 6) is 0. The topological polar surface area (TPSA) is 61.9 Å². The summed E-state index contributed by atoms with van der Waals surface area (Å²) in [4.78, 5) is 2.35. The number of hydrogen-bond acceptors (Lipinski definition) is 4. The van der Waals surface area contributed by atoms with Crippen LogP contribution < -0.4 is 4.72 Å². The van der Waals surface area contributed by atoms with E-state index in [2.05, 4.69) is 15.7 Å². The number of hydrogen-bond donors (Lipinski definition) is 1. The van der Waals surface area contributed by atoms with Gasteiger partial charge in [-0.15, -0.1) is 0 Å². The summed E-state index contributed by atoms with van der Waals surface area (Å²) in [6.07, 6.45) is 4.14. The van der Waals surface area contributed by atoms with Crippen molar-refractivity contribution < 1.29 is 13.2 Å². The normalized spacial score (nSPS) is 21.1. The third kappa shape index (κ3) is 5.49. The molecule has 0 amide bonds. The van der Waals surface area contributed by atoms with Crippen LogP contribution in [0.2, 0.25) is 0 Å². The fourth-order valence-electron chi connectivity index (χ4n) is 3.43. The van der Waals surface area contributed by atoms with Crippen LogP contribution in [0.15, 0.2) is 24.3 Å². The van der Waals surface area contributed by atoms with Gasteiger partial charge < -0.3 is 4.74 Å².